The Morgan fingerprint density at radius 2 is 1.56 bits per heavy atom. The fourth-order valence-electron chi connectivity index (χ4n) is 2.82. The maximum absolute atomic E-state index is 12.3. The molecule has 0 heterocycles. The third kappa shape index (κ3) is 4.15. The molecule has 134 valence electrons. The number of rotatable bonds is 5. The average Bonchev–Trinajstić information content (AvgIpc) is 2.50. The molecule has 4 nitrogen and oxygen atoms in total. The average molecular weight is 407 g/mol. The Morgan fingerprint density at radius 1 is 1.04 bits per heavy atom. The van der Waals surface area contributed by atoms with E-state index in [4.69, 9.17) is 4.74 Å². The van der Waals surface area contributed by atoms with Gasteiger partial charge >= 0.3 is 5.97 Å². The Kier molecular flexibility index (Phi) is 5.78. The molecule has 2 aromatic rings. The van der Waals surface area contributed by atoms with Gasteiger partial charge in [0, 0.05) is 5.33 Å². The smallest absolute Gasteiger partial charge is 0.316 e. The molecule has 0 spiro atoms. The lowest BCUT2D eigenvalue weighted by molar-refractivity contribution is -0.148. The largest absolute Gasteiger partial charge is 0.507 e. The van der Waals surface area contributed by atoms with E-state index < -0.39 is 11.4 Å². The van der Waals surface area contributed by atoms with Gasteiger partial charge in [-0.05, 0) is 51.0 Å². The Balaban J connectivity index is 2.48. The van der Waals surface area contributed by atoms with Crippen LogP contribution >= 0.6 is 15.9 Å². The summed E-state index contributed by atoms with van der Waals surface area (Å²) in [4.78, 5) is 12.3. The normalized spacial score (nSPS) is 11.4. The number of hydrogen-bond acceptors (Lipinski definition) is 4. The molecule has 0 amide bonds. The monoisotopic (exact) mass is 406 g/mol. The summed E-state index contributed by atoms with van der Waals surface area (Å²) in [6.07, 6.45) is 0. The Morgan fingerprint density at radius 3 is 2.04 bits per heavy atom. The van der Waals surface area contributed by atoms with Crippen molar-refractivity contribution in [1.82, 2.24) is 0 Å². The van der Waals surface area contributed by atoms with Gasteiger partial charge in [-0.25, -0.2) is 0 Å². The molecular weight excluding hydrogens is 384 g/mol. The maximum atomic E-state index is 12.3. The summed E-state index contributed by atoms with van der Waals surface area (Å²) < 4.78 is 5.19. The van der Waals surface area contributed by atoms with E-state index in [1.54, 1.807) is 13.8 Å². The van der Waals surface area contributed by atoms with Crippen molar-refractivity contribution in [2.24, 2.45) is 0 Å². The van der Waals surface area contributed by atoms with Gasteiger partial charge in [-0.2, -0.15) is 0 Å². The zero-order chi connectivity index (χ0) is 18.8. The van der Waals surface area contributed by atoms with Crippen molar-refractivity contribution in [2.75, 3.05) is 11.9 Å². The van der Waals surface area contributed by atoms with Crippen LogP contribution in [0.1, 0.15) is 30.5 Å². The molecule has 0 atom stereocenters. The van der Waals surface area contributed by atoms with Crippen molar-refractivity contribution in [3.63, 3.8) is 0 Å². The first-order valence-corrected chi connectivity index (χ1v) is 9.17. The fourth-order valence-corrected chi connectivity index (χ4v) is 2.98. The molecule has 0 bridgehead atoms. The summed E-state index contributed by atoms with van der Waals surface area (Å²) in [6, 6.07) is 8.85. The van der Waals surface area contributed by atoms with E-state index in [9.17, 15) is 15.0 Å². The molecule has 0 saturated heterocycles. The Bertz CT molecular complexity index is 753. The van der Waals surface area contributed by atoms with Crippen LogP contribution in [0.15, 0.2) is 30.3 Å². The van der Waals surface area contributed by atoms with Crippen molar-refractivity contribution in [1.29, 1.82) is 0 Å². The molecule has 0 aliphatic rings. The third-order valence-corrected chi connectivity index (χ3v) is 4.47. The zero-order valence-electron chi connectivity index (χ0n) is 14.9. The van der Waals surface area contributed by atoms with Gasteiger partial charge in [0.15, 0.2) is 0 Å². The summed E-state index contributed by atoms with van der Waals surface area (Å²) in [6.45, 7) is 7.59. The molecule has 0 aromatic heterocycles. The van der Waals surface area contributed by atoms with Crippen LogP contribution in [0.25, 0.3) is 11.1 Å². The third-order valence-electron chi connectivity index (χ3n) is 4.15. The highest BCUT2D eigenvalue weighted by Crippen LogP contribution is 2.41. The number of aryl methyl sites for hydroxylation is 2. The summed E-state index contributed by atoms with van der Waals surface area (Å²) >= 11 is 3.21. The van der Waals surface area contributed by atoms with E-state index in [0.29, 0.717) is 16.5 Å². The minimum Gasteiger partial charge on any atom is -0.507 e. The molecule has 5 heteroatoms. The van der Waals surface area contributed by atoms with E-state index in [1.807, 2.05) is 32.0 Å². The van der Waals surface area contributed by atoms with Crippen molar-refractivity contribution in [3.05, 3.63) is 47.0 Å². The Hall–Kier alpha value is -2.01. The lowest BCUT2D eigenvalue weighted by Crippen LogP contribution is -2.31. The van der Waals surface area contributed by atoms with Crippen LogP contribution < -0.4 is 0 Å². The number of hydrogen-bond donors (Lipinski definition) is 2. The van der Waals surface area contributed by atoms with E-state index in [1.165, 1.54) is 12.1 Å². The summed E-state index contributed by atoms with van der Waals surface area (Å²) in [5.74, 6) is -0.548. The highest BCUT2D eigenvalue weighted by atomic mass is 79.9. The van der Waals surface area contributed by atoms with Crippen molar-refractivity contribution in [3.8, 4) is 22.6 Å². The molecule has 0 saturated carbocycles. The van der Waals surface area contributed by atoms with Gasteiger partial charge in [-0.1, -0.05) is 45.3 Å². The van der Waals surface area contributed by atoms with Crippen LogP contribution in [-0.2, 0) is 14.9 Å². The van der Waals surface area contributed by atoms with Gasteiger partial charge in [-0.3, -0.25) is 4.79 Å². The number of phenolic OH excluding ortho intramolecular Hbond substituents is 2. The van der Waals surface area contributed by atoms with Gasteiger partial charge < -0.3 is 14.9 Å². The zero-order valence-corrected chi connectivity index (χ0v) is 16.5. The minimum absolute atomic E-state index is 0.0682. The van der Waals surface area contributed by atoms with Gasteiger partial charge in [0.2, 0.25) is 0 Å². The topological polar surface area (TPSA) is 66.8 Å². The number of carbonyl (C=O) groups is 1. The van der Waals surface area contributed by atoms with Crippen LogP contribution in [0.3, 0.4) is 0 Å². The standard InChI is InChI=1S/C20H23BrO4/c1-12-7-13(2)9-14(8-12)18-16(22)10-15(11-17(18)23)20(3,4)19(24)25-6-5-21/h7-11,22-23H,5-6H2,1-4H3. The molecule has 0 aliphatic heterocycles. The molecular formula is C20H23BrO4. The first kappa shape index (κ1) is 19.3. The number of ether oxygens (including phenoxy) is 1. The van der Waals surface area contributed by atoms with E-state index in [-0.39, 0.29) is 18.1 Å². The van der Waals surface area contributed by atoms with E-state index >= 15 is 0 Å². The van der Waals surface area contributed by atoms with E-state index in [0.717, 1.165) is 16.7 Å². The van der Waals surface area contributed by atoms with Crippen molar-refractivity contribution in [2.45, 2.75) is 33.1 Å². The van der Waals surface area contributed by atoms with Crippen LogP contribution in [0.5, 0.6) is 11.5 Å². The second-order valence-corrected chi connectivity index (χ2v) is 7.51. The molecule has 0 radical (unpaired) electrons. The van der Waals surface area contributed by atoms with Crippen molar-refractivity contribution < 1.29 is 19.7 Å². The van der Waals surface area contributed by atoms with E-state index in [2.05, 4.69) is 15.9 Å². The van der Waals surface area contributed by atoms with Gasteiger partial charge in [0.25, 0.3) is 0 Å². The Labute approximate surface area is 156 Å². The van der Waals surface area contributed by atoms with Gasteiger partial charge in [-0.15, -0.1) is 0 Å². The van der Waals surface area contributed by atoms with Crippen LogP contribution in [0.2, 0.25) is 0 Å². The van der Waals surface area contributed by atoms with Crippen LogP contribution in [-0.4, -0.2) is 28.1 Å². The molecule has 2 rings (SSSR count). The molecule has 0 fully saturated rings. The number of halogens is 1. The quantitative estimate of drug-likeness (QED) is 0.562. The predicted molar refractivity (Wildman–Crippen MR) is 102 cm³/mol. The number of esters is 1. The van der Waals surface area contributed by atoms with Crippen LogP contribution in [0, 0.1) is 13.8 Å². The van der Waals surface area contributed by atoms with Crippen molar-refractivity contribution >= 4 is 21.9 Å². The first-order valence-electron chi connectivity index (χ1n) is 8.05. The maximum Gasteiger partial charge on any atom is 0.316 e. The first-order chi connectivity index (χ1) is 11.7. The lowest BCUT2D eigenvalue weighted by Gasteiger charge is -2.24. The summed E-state index contributed by atoms with van der Waals surface area (Å²) in [7, 11) is 0. The molecule has 2 N–H and O–H groups in total. The highest BCUT2D eigenvalue weighted by molar-refractivity contribution is 9.09. The van der Waals surface area contributed by atoms with Crippen LogP contribution in [0.4, 0.5) is 0 Å². The molecule has 2 aromatic carbocycles. The molecule has 0 unspecified atom stereocenters. The summed E-state index contributed by atoms with van der Waals surface area (Å²) in [5, 5.41) is 21.6. The minimum atomic E-state index is -0.988. The number of carbonyl (C=O) groups excluding carboxylic acids is 1. The molecule has 25 heavy (non-hydrogen) atoms. The molecule has 0 aliphatic carbocycles. The summed E-state index contributed by atoms with van der Waals surface area (Å²) in [5.41, 5.74) is 2.68. The lowest BCUT2D eigenvalue weighted by atomic mass is 9.83. The second kappa shape index (κ2) is 7.48. The fraction of sp³-hybridized carbons (Fsp3) is 0.350. The highest BCUT2D eigenvalue weighted by Gasteiger charge is 2.33. The number of alkyl halides is 1. The number of benzene rings is 2. The van der Waals surface area contributed by atoms with Gasteiger partial charge in [0.05, 0.1) is 11.0 Å². The SMILES string of the molecule is Cc1cc(C)cc(-c2c(O)cc(C(C)(C)C(=O)OCCBr)cc2O)c1. The predicted octanol–water partition coefficient (Wildman–Crippen LogP) is 4.60. The number of aromatic hydroxyl groups is 2. The number of phenols is 2. The van der Waals surface area contributed by atoms with Gasteiger partial charge in [0.1, 0.15) is 18.1 Å². The second-order valence-electron chi connectivity index (χ2n) is 6.72.